The Kier molecular flexibility index (Phi) is 6.69. The molecule has 0 radical (unpaired) electrons. The lowest BCUT2D eigenvalue weighted by Crippen LogP contribution is -2.53. The summed E-state index contributed by atoms with van der Waals surface area (Å²) in [5, 5.41) is 3.35. The summed E-state index contributed by atoms with van der Waals surface area (Å²) in [7, 11) is 4.28. The van der Waals surface area contributed by atoms with Gasteiger partial charge in [-0.15, -0.1) is 0 Å². The van der Waals surface area contributed by atoms with E-state index in [1.807, 2.05) is 0 Å². The second kappa shape index (κ2) is 9.99. The number of anilines is 1. The first-order valence-corrected chi connectivity index (χ1v) is 12.4. The van der Waals surface area contributed by atoms with Gasteiger partial charge in [-0.05, 0) is 30.7 Å². The van der Waals surface area contributed by atoms with Crippen molar-refractivity contribution >= 4 is 29.3 Å². The molecule has 0 aromatic heterocycles. The molecule has 0 aliphatic carbocycles. The highest BCUT2D eigenvalue weighted by atomic mass is 16.5. The van der Waals surface area contributed by atoms with Crippen molar-refractivity contribution in [3.05, 3.63) is 89.5 Å². The number of carbonyl (C=O) groups excluding carboxylic acids is 4. The Labute approximate surface area is 225 Å². The molecule has 1 N–H and O–H groups in total. The molecule has 2 aliphatic rings. The number of nitrogens with zero attached hydrogens (tertiary/aromatic N) is 1. The van der Waals surface area contributed by atoms with Gasteiger partial charge in [0.2, 0.25) is 11.8 Å². The molecule has 2 heterocycles. The van der Waals surface area contributed by atoms with E-state index in [9.17, 15) is 19.2 Å². The molecule has 4 unspecified atom stereocenters. The SMILES string of the molecule is COC(=O)C1(c2ccccc2)NC(c2ccc(OC)cc2OC)C2C(=O)N(c3cccc(C(C)=O)c3)C(=O)C21. The molecule has 2 saturated heterocycles. The van der Waals surface area contributed by atoms with E-state index in [1.165, 1.54) is 34.3 Å². The van der Waals surface area contributed by atoms with Crippen LogP contribution in [-0.4, -0.2) is 44.9 Å². The van der Waals surface area contributed by atoms with Crippen LogP contribution in [0.1, 0.15) is 34.5 Å². The van der Waals surface area contributed by atoms with Gasteiger partial charge in [0, 0.05) is 23.2 Å². The average Bonchev–Trinajstić information content (AvgIpc) is 3.46. The first kappa shape index (κ1) is 26.1. The molecule has 0 saturated carbocycles. The molecule has 0 spiro atoms. The highest BCUT2D eigenvalue weighted by Crippen LogP contribution is 2.55. The molecule has 200 valence electrons. The van der Waals surface area contributed by atoms with E-state index in [0.717, 1.165) is 4.90 Å². The van der Waals surface area contributed by atoms with Crippen LogP contribution in [0.2, 0.25) is 0 Å². The third-order valence-electron chi connectivity index (χ3n) is 7.58. The normalized spacial score (nSPS) is 23.9. The summed E-state index contributed by atoms with van der Waals surface area (Å²) >= 11 is 0. The van der Waals surface area contributed by atoms with Crippen molar-refractivity contribution in [3.8, 4) is 11.5 Å². The van der Waals surface area contributed by atoms with E-state index < -0.39 is 41.2 Å². The maximum atomic E-state index is 14.2. The summed E-state index contributed by atoms with van der Waals surface area (Å²) in [5.74, 6) is -3.12. The third-order valence-corrected chi connectivity index (χ3v) is 7.58. The zero-order chi connectivity index (χ0) is 27.9. The number of rotatable bonds is 7. The van der Waals surface area contributed by atoms with Gasteiger partial charge in [-0.25, -0.2) is 9.69 Å². The summed E-state index contributed by atoms with van der Waals surface area (Å²) in [6.07, 6.45) is 0. The summed E-state index contributed by atoms with van der Waals surface area (Å²) in [6.45, 7) is 1.41. The van der Waals surface area contributed by atoms with E-state index in [1.54, 1.807) is 66.7 Å². The van der Waals surface area contributed by atoms with Gasteiger partial charge in [0.15, 0.2) is 11.3 Å². The molecule has 9 heteroatoms. The van der Waals surface area contributed by atoms with Gasteiger partial charge in [0.25, 0.3) is 0 Å². The third kappa shape index (κ3) is 3.97. The van der Waals surface area contributed by atoms with E-state index >= 15 is 0 Å². The van der Waals surface area contributed by atoms with Crippen LogP contribution in [0.5, 0.6) is 11.5 Å². The van der Waals surface area contributed by atoms with Crippen molar-refractivity contribution in [1.29, 1.82) is 0 Å². The number of methoxy groups -OCH3 is 3. The number of ketones is 1. The van der Waals surface area contributed by atoms with Crippen LogP contribution in [0.15, 0.2) is 72.8 Å². The number of benzene rings is 3. The number of amides is 2. The van der Waals surface area contributed by atoms with Gasteiger partial charge in [0.05, 0.1) is 38.9 Å². The molecule has 2 aliphatic heterocycles. The summed E-state index contributed by atoms with van der Waals surface area (Å²) in [6, 6.07) is 19.5. The zero-order valence-corrected chi connectivity index (χ0v) is 22.0. The largest absolute Gasteiger partial charge is 0.497 e. The summed E-state index contributed by atoms with van der Waals surface area (Å²) in [4.78, 5) is 55.2. The van der Waals surface area contributed by atoms with Crippen molar-refractivity contribution in [2.75, 3.05) is 26.2 Å². The molecule has 9 nitrogen and oxygen atoms in total. The second-order valence-electron chi connectivity index (χ2n) is 9.52. The highest BCUT2D eigenvalue weighted by Gasteiger charge is 2.70. The summed E-state index contributed by atoms with van der Waals surface area (Å²) < 4.78 is 16.3. The van der Waals surface area contributed by atoms with Crippen LogP contribution in [0.4, 0.5) is 5.69 Å². The number of esters is 1. The molecule has 0 bridgehead atoms. The minimum atomic E-state index is -1.67. The first-order valence-electron chi connectivity index (χ1n) is 12.4. The topological polar surface area (TPSA) is 111 Å². The van der Waals surface area contributed by atoms with Gasteiger partial charge >= 0.3 is 5.97 Å². The van der Waals surface area contributed by atoms with Gasteiger partial charge in [-0.2, -0.15) is 0 Å². The average molecular weight is 529 g/mol. The molecular formula is C30H28N2O7. The van der Waals surface area contributed by atoms with Crippen LogP contribution < -0.4 is 19.7 Å². The highest BCUT2D eigenvalue weighted by molar-refractivity contribution is 6.24. The number of fused-ring (bicyclic) bond motifs is 1. The number of ether oxygens (including phenoxy) is 3. The monoisotopic (exact) mass is 528 g/mol. The molecule has 2 amide bonds. The zero-order valence-electron chi connectivity index (χ0n) is 22.0. The predicted molar refractivity (Wildman–Crippen MR) is 141 cm³/mol. The summed E-state index contributed by atoms with van der Waals surface area (Å²) in [5.41, 5.74) is 0.0202. The number of carbonyl (C=O) groups is 4. The minimum absolute atomic E-state index is 0.202. The maximum Gasteiger partial charge on any atom is 0.331 e. The van der Waals surface area contributed by atoms with Crippen molar-refractivity contribution in [2.24, 2.45) is 11.8 Å². The van der Waals surface area contributed by atoms with E-state index in [-0.39, 0.29) is 11.5 Å². The standard InChI is InChI=1S/C30H28N2O7/c1-17(33)18-9-8-12-20(15-18)32-27(34)24-25(28(32)35)30(29(36)39-4,19-10-6-5-7-11-19)31-26(24)22-14-13-21(37-2)16-23(22)38-3/h5-16,24-26,31H,1-4H3. The van der Waals surface area contributed by atoms with Crippen molar-refractivity contribution in [1.82, 2.24) is 5.32 Å². The van der Waals surface area contributed by atoms with E-state index in [0.29, 0.717) is 28.2 Å². The second-order valence-corrected chi connectivity index (χ2v) is 9.52. The van der Waals surface area contributed by atoms with Crippen molar-refractivity contribution in [2.45, 2.75) is 18.5 Å². The fourth-order valence-corrected chi connectivity index (χ4v) is 5.80. The molecule has 3 aromatic carbocycles. The molecular weight excluding hydrogens is 500 g/mol. The fraction of sp³-hybridized carbons (Fsp3) is 0.267. The van der Waals surface area contributed by atoms with Crippen LogP contribution in [-0.2, 0) is 24.7 Å². The fourth-order valence-electron chi connectivity index (χ4n) is 5.80. The lowest BCUT2D eigenvalue weighted by molar-refractivity contribution is -0.152. The van der Waals surface area contributed by atoms with Crippen LogP contribution >= 0.6 is 0 Å². The van der Waals surface area contributed by atoms with Crippen molar-refractivity contribution in [3.63, 3.8) is 0 Å². The van der Waals surface area contributed by atoms with Crippen LogP contribution in [0, 0.1) is 11.8 Å². The smallest absolute Gasteiger partial charge is 0.331 e. The Morgan fingerprint density at radius 3 is 2.26 bits per heavy atom. The maximum absolute atomic E-state index is 14.2. The van der Waals surface area contributed by atoms with Gasteiger partial charge < -0.3 is 14.2 Å². The number of hydrogen-bond acceptors (Lipinski definition) is 8. The number of Topliss-reactive ketones (excluding diaryl/α,β-unsaturated/α-hetero) is 1. The Morgan fingerprint density at radius 2 is 1.62 bits per heavy atom. The molecule has 3 aromatic rings. The first-order chi connectivity index (χ1) is 18.8. The van der Waals surface area contributed by atoms with Gasteiger partial charge in [-0.3, -0.25) is 19.7 Å². The van der Waals surface area contributed by atoms with Crippen LogP contribution in [0.25, 0.3) is 0 Å². The predicted octanol–water partition coefficient (Wildman–Crippen LogP) is 3.43. The lowest BCUT2D eigenvalue weighted by Gasteiger charge is -2.33. The molecule has 2 fully saturated rings. The van der Waals surface area contributed by atoms with Gasteiger partial charge in [-0.1, -0.05) is 48.5 Å². The quantitative estimate of drug-likeness (QED) is 0.282. The number of imide groups is 1. The number of hydrogen-bond donors (Lipinski definition) is 1. The number of nitrogens with one attached hydrogen (secondary N) is 1. The van der Waals surface area contributed by atoms with E-state index in [4.69, 9.17) is 14.2 Å². The lowest BCUT2D eigenvalue weighted by atomic mass is 9.75. The van der Waals surface area contributed by atoms with Gasteiger partial charge in [0.1, 0.15) is 11.5 Å². The van der Waals surface area contributed by atoms with Crippen LogP contribution in [0.3, 0.4) is 0 Å². The van der Waals surface area contributed by atoms with Crippen molar-refractivity contribution < 1.29 is 33.4 Å². The Bertz CT molecular complexity index is 1470. The molecule has 39 heavy (non-hydrogen) atoms. The Morgan fingerprint density at radius 1 is 0.872 bits per heavy atom. The van der Waals surface area contributed by atoms with E-state index in [2.05, 4.69) is 5.32 Å². The Balaban J connectivity index is 1.74. The Hall–Kier alpha value is -4.50. The minimum Gasteiger partial charge on any atom is -0.497 e. The molecule has 4 atom stereocenters. The molecule has 5 rings (SSSR count).